The van der Waals surface area contributed by atoms with Gasteiger partial charge in [0.2, 0.25) is 5.75 Å². The molecule has 0 aliphatic rings. The lowest BCUT2D eigenvalue weighted by Crippen LogP contribution is -2.44. The molecule has 0 fully saturated rings. The Morgan fingerprint density at radius 3 is 2.12 bits per heavy atom. The van der Waals surface area contributed by atoms with Crippen LogP contribution < -0.4 is 10.1 Å². The topological polar surface area (TPSA) is 152 Å². The van der Waals surface area contributed by atoms with Crippen LogP contribution in [0.3, 0.4) is 0 Å². The summed E-state index contributed by atoms with van der Waals surface area (Å²) in [6, 6.07) is 22.0. The van der Waals surface area contributed by atoms with Gasteiger partial charge in [-0.2, -0.15) is 0 Å². The Labute approximate surface area is 228 Å². The average molecular weight is 545 g/mol. The first kappa shape index (κ1) is 27.5. The van der Waals surface area contributed by atoms with Gasteiger partial charge in [0.25, 0.3) is 0 Å². The SMILES string of the molecule is O=C(N[C@@H](Cc1cn(C(=O)OCc2ccccc2)cn1)C(=O)Oc1ccccc1[N+](=O)[O-])OCc1ccccc1. The molecule has 204 valence electrons. The smallest absolute Gasteiger partial charge is 0.419 e. The molecule has 0 spiro atoms. The fraction of sp³-hybridized carbons (Fsp3) is 0.143. The van der Waals surface area contributed by atoms with Crippen molar-refractivity contribution in [1.82, 2.24) is 14.9 Å². The Morgan fingerprint density at radius 2 is 1.48 bits per heavy atom. The number of esters is 1. The Hall–Kier alpha value is -5.52. The number of carbonyl (C=O) groups excluding carboxylic acids is 3. The van der Waals surface area contributed by atoms with Crippen molar-refractivity contribution in [3.8, 4) is 5.75 Å². The number of nitrogens with zero attached hydrogens (tertiary/aromatic N) is 3. The lowest BCUT2D eigenvalue weighted by atomic mass is 10.1. The zero-order valence-corrected chi connectivity index (χ0v) is 21.0. The van der Waals surface area contributed by atoms with Gasteiger partial charge in [-0.05, 0) is 17.2 Å². The maximum Gasteiger partial charge on any atom is 0.419 e. The molecule has 0 saturated heterocycles. The monoisotopic (exact) mass is 544 g/mol. The number of nitrogens with one attached hydrogen (secondary N) is 1. The molecule has 0 radical (unpaired) electrons. The van der Waals surface area contributed by atoms with Crippen molar-refractivity contribution in [2.75, 3.05) is 0 Å². The van der Waals surface area contributed by atoms with Crippen molar-refractivity contribution in [1.29, 1.82) is 0 Å². The first-order chi connectivity index (χ1) is 19.4. The number of alkyl carbamates (subject to hydrolysis) is 1. The van der Waals surface area contributed by atoms with Crippen LogP contribution in [0.2, 0.25) is 0 Å². The number of nitro benzene ring substituents is 1. The summed E-state index contributed by atoms with van der Waals surface area (Å²) in [5.41, 5.74) is 1.34. The fourth-order valence-electron chi connectivity index (χ4n) is 3.55. The average Bonchev–Trinajstić information content (AvgIpc) is 3.44. The summed E-state index contributed by atoms with van der Waals surface area (Å²) in [6.45, 7) is -0.00666. The van der Waals surface area contributed by atoms with Crippen LogP contribution >= 0.6 is 0 Å². The molecule has 0 aliphatic heterocycles. The van der Waals surface area contributed by atoms with E-state index in [0.29, 0.717) is 0 Å². The minimum atomic E-state index is -1.35. The molecule has 1 amide bonds. The van der Waals surface area contributed by atoms with E-state index in [4.69, 9.17) is 14.2 Å². The number of rotatable bonds is 10. The molecule has 0 saturated carbocycles. The van der Waals surface area contributed by atoms with E-state index >= 15 is 0 Å². The Kier molecular flexibility index (Phi) is 9.17. The van der Waals surface area contributed by atoms with Gasteiger partial charge in [-0.1, -0.05) is 72.8 Å². The molecule has 40 heavy (non-hydrogen) atoms. The number of amides is 1. The van der Waals surface area contributed by atoms with Gasteiger partial charge in [0, 0.05) is 18.7 Å². The van der Waals surface area contributed by atoms with E-state index in [1.807, 2.05) is 36.4 Å². The van der Waals surface area contributed by atoms with Crippen LogP contribution in [0.1, 0.15) is 16.8 Å². The molecule has 1 heterocycles. The normalized spacial score (nSPS) is 11.2. The van der Waals surface area contributed by atoms with E-state index in [1.165, 1.54) is 36.8 Å². The van der Waals surface area contributed by atoms with Crippen molar-refractivity contribution in [3.05, 3.63) is 124 Å². The van der Waals surface area contributed by atoms with E-state index in [2.05, 4.69) is 10.3 Å². The third kappa shape index (κ3) is 7.74. The number of nitro groups is 1. The highest BCUT2D eigenvalue weighted by atomic mass is 16.6. The van der Waals surface area contributed by atoms with Gasteiger partial charge < -0.3 is 19.5 Å². The molecule has 1 atom stereocenters. The van der Waals surface area contributed by atoms with E-state index < -0.39 is 34.8 Å². The van der Waals surface area contributed by atoms with Gasteiger partial charge in [-0.3, -0.25) is 10.1 Å². The molecule has 0 unspecified atom stereocenters. The third-order valence-corrected chi connectivity index (χ3v) is 5.53. The van der Waals surface area contributed by atoms with Gasteiger partial charge >= 0.3 is 23.8 Å². The van der Waals surface area contributed by atoms with E-state index in [9.17, 15) is 24.5 Å². The molecule has 4 rings (SSSR count). The molecule has 1 N–H and O–H groups in total. The first-order valence-corrected chi connectivity index (χ1v) is 12.1. The molecular weight excluding hydrogens is 520 g/mol. The largest absolute Gasteiger partial charge is 0.445 e. The van der Waals surface area contributed by atoms with Crippen molar-refractivity contribution >= 4 is 23.8 Å². The lowest BCUT2D eigenvalue weighted by molar-refractivity contribution is -0.385. The van der Waals surface area contributed by atoms with Crippen molar-refractivity contribution < 1.29 is 33.5 Å². The number of imidazole rings is 1. The summed E-state index contributed by atoms with van der Waals surface area (Å²) >= 11 is 0. The second-order valence-electron chi connectivity index (χ2n) is 8.42. The second kappa shape index (κ2) is 13.3. The summed E-state index contributed by atoms with van der Waals surface area (Å²) in [6.07, 6.45) is 0.724. The summed E-state index contributed by atoms with van der Waals surface area (Å²) in [4.78, 5) is 52.8. The Morgan fingerprint density at radius 1 is 0.875 bits per heavy atom. The van der Waals surface area contributed by atoms with Crippen LogP contribution in [0.5, 0.6) is 5.75 Å². The quantitative estimate of drug-likeness (QED) is 0.132. The summed E-state index contributed by atoms with van der Waals surface area (Å²) in [5.74, 6) is -1.29. The van der Waals surface area contributed by atoms with Gasteiger partial charge in [0.1, 0.15) is 25.6 Å². The first-order valence-electron chi connectivity index (χ1n) is 12.1. The number of para-hydroxylation sites is 2. The molecule has 0 bridgehead atoms. The predicted octanol–water partition coefficient (Wildman–Crippen LogP) is 4.42. The van der Waals surface area contributed by atoms with Crippen LogP contribution in [0, 0.1) is 10.1 Å². The number of carbonyl (C=O) groups is 3. The van der Waals surface area contributed by atoms with Gasteiger partial charge in [0.05, 0.1) is 10.6 Å². The summed E-state index contributed by atoms with van der Waals surface area (Å²) < 4.78 is 16.8. The highest BCUT2D eigenvalue weighted by molar-refractivity contribution is 5.84. The van der Waals surface area contributed by atoms with E-state index in [0.717, 1.165) is 15.7 Å². The van der Waals surface area contributed by atoms with Crippen LogP contribution in [0.25, 0.3) is 0 Å². The highest BCUT2D eigenvalue weighted by Crippen LogP contribution is 2.26. The van der Waals surface area contributed by atoms with Crippen LogP contribution in [0.15, 0.2) is 97.5 Å². The van der Waals surface area contributed by atoms with Crippen molar-refractivity contribution in [3.63, 3.8) is 0 Å². The van der Waals surface area contributed by atoms with Crippen LogP contribution in [-0.2, 0) is 33.9 Å². The Bertz CT molecular complexity index is 1470. The number of aromatic nitrogens is 2. The maximum atomic E-state index is 13.1. The number of ether oxygens (including phenoxy) is 3. The molecular formula is C28H24N4O8. The highest BCUT2D eigenvalue weighted by Gasteiger charge is 2.28. The minimum absolute atomic E-state index is 0.0484. The molecule has 12 nitrogen and oxygen atoms in total. The van der Waals surface area contributed by atoms with Crippen LogP contribution in [-0.4, -0.2) is 38.7 Å². The molecule has 1 aromatic heterocycles. The zero-order valence-electron chi connectivity index (χ0n) is 21.0. The van der Waals surface area contributed by atoms with E-state index in [1.54, 1.807) is 24.3 Å². The van der Waals surface area contributed by atoms with Crippen LogP contribution in [0.4, 0.5) is 15.3 Å². The summed E-state index contributed by atoms with van der Waals surface area (Å²) in [5, 5.41) is 13.8. The zero-order chi connectivity index (χ0) is 28.3. The van der Waals surface area contributed by atoms with Crippen molar-refractivity contribution in [2.45, 2.75) is 25.7 Å². The lowest BCUT2D eigenvalue weighted by Gasteiger charge is -2.17. The second-order valence-corrected chi connectivity index (χ2v) is 8.42. The van der Waals surface area contributed by atoms with E-state index in [-0.39, 0.29) is 31.1 Å². The van der Waals surface area contributed by atoms with Gasteiger partial charge in [-0.25, -0.2) is 23.9 Å². The predicted molar refractivity (Wildman–Crippen MR) is 140 cm³/mol. The van der Waals surface area contributed by atoms with Gasteiger partial charge in [-0.15, -0.1) is 0 Å². The maximum absolute atomic E-state index is 13.1. The molecule has 3 aromatic carbocycles. The third-order valence-electron chi connectivity index (χ3n) is 5.53. The molecule has 12 heteroatoms. The number of hydrogen-bond acceptors (Lipinski definition) is 9. The number of hydrogen-bond donors (Lipinski definition) is 1. The Balaban J connectivity index is 1.45. The summed E-state index contributed by atoms with van der Waals surface area (Å²) in [7, 11) is 0. The number of benzene rings is 3. The minimum Gasteiger partial charge on any atom is -0.445 e. The molecule has 0 aliphatic carbocycles. The van der Waals surface area contributed by atoms with Crippen molar-refractivity contribution in [2.24, 2.45) is 0 Å². The molecule has 4 aromatic rings. The fourth-order valence-corrected chi connectivity index (χ4v) is 3.55. The van der Waals surface area contributed by atoms with Gasteiger partial charge in [0.15, 0.2) is 0 Å². The standard InChI is InChI=1S/C28H24N4O8/c33-26(40-25-14-8-7-13-24(25)32(36)37)23(30-27(34)38-17-20-9-3-1-4-10-20)15-22-16-31(19-29-22)28(35)39-18-21-11-5-2-6-12-21/h1-14,16,19,23H,15,17-18H2,(H,30,34)/t23-/m0/s1.